The van der Waals surface area contributed by atoms with Gasteiger partial charge in [0.1, 0.15) is 17.2 Å². The van der Waals surface area contributed by atoms with Gasteiger partial charge in [-0.1, -0.05) is 132 Å². The van der Waals surface area contributed by atoms with E-state index in [4.69, 9.17) is 24.7 Å². The van der Waals surface area contributed by atoms with Crippen LogP contribution < -0.4 is 24.7 Å². The zero-order valence-corrected chi connectivity index (χ0v) is 34.4. The fraction of sp³-hybridized carbons (Fsp3) is 0.727. The number of nitrogen functional groups attached to an aromatic ring is 1. The first-order chi connectivity index (χ1) is 25.2. The molecule has 0 aromatic heterocycles. The zero-order chi connectivity index (χ0) is 38.6. The number of hydrogen-bond donors (Lipinski definition) is 1. The molecule has 298 valence electrons. The molecular formula is C44H76N2O6. The summed E-state index contributed by atoms with van der Waals surface area (Å²) in [6.07, 6.45) is 18.8. The molecule has 2 aromatic carbocycles. The molecule has 2 rings (SSSR count). The van der Waals surface area contributed by atoms with Crippen molar-refractivity contribution >= 4 is 11.4 Å². The molecule has 8 nitrogen and oxygen atoms in total. The SMILES string of the molecule is CCCCC(CC)COc1ccc(OCC(CC)CCCC)c(N)c1.CCCCC(CC)COc1ccc(OCC(CC)CCCC)c([N+](=O)[O-])c1. The number of hydrogen-bond acceptors (Lipinski definition) is 7. The summed E-state index contributed by atoms with van der Waals surface area (Å²) in [6, 6.07) is 10.8. The van der Waals surface area contributed by atoms with Crippen LogP contribution in [0.5, 0.6) is 23.0 Å². The van der Waals surface area contributed by atoms with E-state index in [-0.39, 0.29) is 10.6 Å². The Balaban J connectivity index is 0.000000522. The number of unbranched alkanes of at least 4 members (excludes halogenated alkanes) is 4. The van der Waals surface area contributed by atoms with Gasteiger partial charge in [0.15, 0.2) is 5.75 Å². The van der Waals surface area contributed by atoms with Crippen LogP contribution in [0.15, 0.2) is 36.4 Å². The third-order valence-electron chi connectivity index (χ3n) is 10.2. The van der Waals surface area contributed by atoms with Crippen molar-refractivity contribution < 1.29 is 23.9 Å². The lowest BCUT2D eigenvalue weighted by Crippen LogP contribution is -2.13. The molecule has 0 spiro atoms. The minimum atomic E-state index is -0.385. The normalized spacial score (nSPS) is 13.3. The van der Waals surface area contributed by atoms with E-state index in [2.05, 4.69) is 55.4 Å². The van der Waals surface area contributed by atoms with E-state index in [1.807, 2.05) is 18.2 Å². The predicted octanol–water partition coefficient (Wildman–Crippen LogP) is 13.2. The minimum Gasteiger partial charge on any atom is -0.493 e. The van der Waals surface area contributed by atoms with Crippen LogP contribution in [0.1, 0.15) is 158 Å². The molecule has 52 heavy (non-hydrogen) atoms. The Morgan fingerprint density at radius 3 is 1.23 bits per heavy atom. The van der Waals surface area contributed by atoms with Crippen molar-refractivity contribution in [3.8, 4) is 23.0 Å². The summed E-state index contributed by atoms with van der Waals surface area (Å²) < 4.78 is 23.6. The maximum absolute atomic E-state index is 11.5. The molecule has 0 amide bonds. The second kappa shape index (κ2) is 29.3. The molecule has 2 N–H and O–H groups in total. The smallest absolute Gasteiger partial charge is 0.314 e. The lowest BCUT2D eigenvalue weighted by atomic mass is 10.0. The third kappa shape index (κ3) is 19.6. The lowest BCUT2D eigenvalue weighted by molar-refractivity contribution is -0.386. The van der Waals surface area contributed by atoms with E-state index in [1.54, 1.807) is 12.1 Å². The molecule has 0 saturated heterocycles. The molecule has 2 aromatic rings. The molecule has 4 unspecified atom stereocenters. The first-order valence-corrected chi connectivity index (χ1v) is 20.9. The monoisotopic (exact) mass is 729 g/mol. The van der Waals surface area contributed by atoms with Gasteiger partial charge < -0.3 is 24.7 Å². The minimum absolute atomic E-state index is 0.0144. The molecule has 0 aliphatic heterocycles. The first-order valence-electron chi connectivity index (χ1n) is 20.9. The number of nitrogens with two attached hydrogens (primary N) is 1. The summed E-state index contributed by atoms with van der Waals surface area (Å²) >= 11 is 0. The number of rotatable bonds is 29. The van der Waals surface area contributed by atoms with Crippen LogP contribution in [-0.4, -0.2) is 31.4 Å². The van der Waals surface area contributed by atoms with Crippen molar-refractivity contribution in [3.05, 3.63) is 46.5 Å². The van der Waals surface area contributed by atoms with E-state index in [0.717, 1.165) is 76.1 Å². The Hall–Kier alpha value is -3.16. The predicted molar refractivity (Wildman–Crippen MR) is 219 cm³/mol. The summed E-state index contributed by atoms with van der Waals surface area (Å²) in [5, 5.41) is 11.5. The van der Waals surface area contributed by atoms with Gasteiger partial charge in [0.05, 0.1) is 43.1 Å². The lowest BCUT2D eigenvalue weighted by Gasteiger charge is -2.18. The molecule has 8 heteroatoms. The van der Waals surface area contributed by atoms with E-state index in [1.165, 1.54) is 57.4 Å². The average Bonchev–Trinajstić information content (AvgIpc) is 3.16. The molecule has 0 aliphatic rings. The van der Waals surface area contributed by atoms with Gasteiger partial charge in [-0.05, 0) is 73.6 Å². The van der Waals surface area contributed by atoms with Gasteiger partial charge in [0.2, 0.25) is 0 Å². The Morgan fingerprint density at radius 1 is 0.538 bits per heavy atom. The van der Waals surface area contributed by atoms with E-state index in [0.29, 0.717) is 54.1 Å². The third-order valence-corrected chi connectivity index (χ3v) is 10.2. The number of nitro groups is 1. The summed E-state index contributed by atoms with van der Waals surface area (Å²) in [5.41, 5.74) is 6.82. The first kappa shape index (κ1) is 46.9. The van der Waals surface area contributed by atoms with Gasteiger partial charge in [-0.25, -0.2) is 0 Å². The van der Waals surface area contributed by atoms with Crippen molar-refractivity contribution in [3.63, 3.8) is 0 Å². The highest BCUT2D eigenvalue weighted by Crippen LogP contribution is 2.33. The number of nitrogens with zero attached hydrogens (tertiary/aromatic N) is 1. The molecular weight excluding hydrogens is 652 g/mol. The molecule has 0 radical (unpaired) electrons. The van der Waals surface area contributed by atoms with Crippen LogP contribution in [-0.2, 0) is 0 Å². The highest BCUT2D eigenvalue weighted by Gasteiger charge is 2.19. The number of anilines is 1. The van der Waals surface area contributed by atoms with Gasteiger partial charge in [-0.3, -0.25) is 10.1 Å². The molecule has 4 atom stereocenters. The van der Waals surface area contributed by atoms with Crippen LogP contribution in [0.25, 0.3) is 0 Å². The Bertz CT molecular complexity index is 1190. The Kier molecular flexibility index (Phi) is 26.4. The van der Waals surface area contributed by atoms with E-state index >= 15 is 0 Å². The zero-order valence-electron chi connectivity index (χ0n) is 34.4. The largest absolute Gasteiger partial charge is 0.493 e. The van der Waals surface area contributed by atoms with Gasteiger partial charge >= 0.3 is 5.69 Å². The standard InChI is InChI=1S/C22H37NO4.C22H39NO2/c1-5-9-11-18(7-3)16-26-20-13-14-22(21(15-20)23(24)25)27-17-19(8-4)12-10-6-2;1-5-9-11-18(7-3)16-24-20-13-14-22(21(23)15-20)25-17-19(8-4)12-10-6-2/h13-15,18-19H,5-12,16-17H2,1-4H3;13-15,18-19H,5-12,16-17,23H2,1-4H3. The molecule has 0 bridgehead atoms. The van der Waals surface area contributed by atoms with Crippen LogP contribution >= 0.6 is 0 Å². The van der Waals surface area contributed by atoms with Crippen LogP contribution in [0.2, 0.25) is 0 Å². The maximum atomic E-state index is 11.5. The molecule has 0 heterocycles. The quantitative estimate of drug-likeness (QED) is 0.0505. The van der Waals surface area contributed by atoms with Crippen molar-refractivity contribution in [1.82, 2.24) is 0 Å². The summed E-state index contributed by atoms with van der Waals surface area (Å²) in [6.45, 7) is 20.2. The summed E-state index contributed by atoms with van der Waals surface area (Å²) in [4.78, 5) is 11.1. The molecule has 0 aliphatic carbocycles. The second-order valence-corrected chi connectivity index (χ2v) is 14.5. The maximum Gasteiger partial charge on any atom is 0.314 e. The van der Waals surface area contributed by atoms with Crippen LogP contribution in [0, 0.1) is 33.8 Å². The topological polar surface area (TPSA) is 106 Å². The highest BCUT2D eigenvalue weighted by molar-refractivity contribution is 5.56. The fourth-order valence-electron chi connectivity index (χ4n) is 6.04. The number of benzene rings is 2. The fourth-order valence-corrected chi connectivity index (χ4v) is 6.04. The summed E-state index contributed by atoms with van der Waals surface area (Å²) in [7, 11) is 0. The Morgan fingerprint density at radius 2 is 0.885 bits per heavy atom. The van der Waals surface area contributed by atoms with Gasteiger partial charge in [-0.2, -0.15) is 0 Å². The van der Waals surface area contributed by atoms with Gasteiger partial charge in [0.25, 0.3) is 0 Å². The average molecular weight is 729 g/mol. The van der Waals surface area contributed by atoms with Gasteiger partial charge in [0, 0.05) is 6.07 Å². The Labute approximate surface area is 318 Å². The van der Waals surface area contributed by atoms with E-state index < -0.39 is 0 Å². The second-order valence-electron chi connectivity index (χ2n) is 14.5. The molecule has 0 fully saturated rings. The van der Waals surface area contributed by atoms with Gasteiger partial charge in [-0.15, -0.1) is 0 Å². The van der Waals surface area contributed by atoms with Crippen LogP contribution in [0.4, 0.5) is 11.4 Å². The number of ether oxygens (including phenoxy) is 4. The van der Waals surface area contributed by atoms with Crippen molar-refractivity contribution in [2.75, 3.05) is 32.2 Å². The van der Waals surface area contributed by atoms with Crippen molar-refractivity contribution in [2.24, 2.45) is 23.7 Å². The van der Waals surface area contributed by atoms with Crippen LogP contribution in [0.3, 0.4) is 0 Å². The highest BCUT2D eigenvalue weighted by atomic mass is 16.6. The van der Waals surface area contributed by atoms with Crippen molar-refractivity contribution in [2.45, 2.75) is 158 Å². The van der Waals surface area contributed by atoms with E-state index in [9.17, 15) is 10.1 Å². The summed E-state index contributed by atoms with van der Waals surface area (Å²) in [5.74, 6) is 4.66. The van der Waals surface area contributed by atoms with Crippen molar-refractivity contribution in [1.29, 1.82) is 0 Å². The number of nitro benzene ring substituents is 1. The molecule has 0 saturated carbocycles.